The van der Waals surface area contributed by atoms with E-state index < -0.39 is 30.3 Å². The number of hydrogen-bond acceptors (Lipinski definition) is 7. The Hall–Kier alpha value is -5.52. The maximum absolute atomic E-state index is 13.0. The number of Topliss-reactive ketones (excluding diaryl/α,β-unsaturated/α-hetero) is 2. The zero-order valence-electron chi connectivity index (χ0n) is 24.9. The summed E-state index contributed by atoms with van der Waals surface area (Å²) >= 11 is 0. The molecule has 1 atom stereocenters. The number of hydrogen-bond donors (Lipinski definition) is 1. The summed E-state index contributed by atoms with van der Waals surface area (Å²) in [6.07, 6.45) is 0. The van der Waals surface area contributed by atoms with Crippen LogP contribution in [0.25, 0.3) is 0 Å². The molecular formula is C34H29F4N3O5. The molecule has 1 aliphatic heterocycles. The van der Waals surface area contributed by atoms with Crippen LogP contribution in [0, 0.1) is 13.8 Å². The summed E-state index contributed by atoms with van der Waals surface area (Å²) in [5.41, 5.74) is 7.99. The van der Waals surface area contributed by atoms with E-state index in [2.05, 4.69) is 14.5 Å². The van der Waals surface area contributed by atoms with Gasteiger partial charge in [-0.3, -0.25) is 19.3 Å². The number of alkyl halides is 4. The molecule has 0 fully saturated rings. The molecule has 5 rings (SSSR count). The zero-order valence-corrected chi connectivity index (χ0v) is 24.9. The number of aliphatic imine (C=N–C) groups is 1. The van der Waals surface area contributed by atoms with E-state index in [1.807, 2.05) is 38.1 Å². The molecule has 238 valence electrons. The fraction of sp³-hybridized carbons (Fsp3) is 0.176. The van der Waals surface area contributed by atoms with Crippen LogP contribution in [0.15, 0.2) is 102 Å². The highest BCUT2D eigenvalue weighted by Gasteiger charge is 2.49. The summed E-state index contributed by atoms with van der Waals surface area (Å²) in [6.45, 7) is -2.12. The van der Waals surface area contributed by atoms with Crippen molar-refractivity contribution in [3.63, 3.8) is 0 Å². The van der Waals surface area contributed by atoms with Gasteiger partial charge in [0.25, 0.3) is 5.91 Å². The van der Waals surface area contributed by atoms with E-state index in [4.69, 9.17) is 5.73 Å². The van der Waals surface area contributed by atoms with Crippen molar-refractivity contribution in [3.8, 4) is 11.5 Å². The first-order chi connectivity index (χ1) is 21.8. The minimum atomic E-state index is -2.93. The molecule has 0 saturated heterocycles. The number of amides is 1. The molecule has 1 amide bonds. The number of nitrogens with two attached hydrogens (primary N) is 1. The van der Waals surface area contributed by atoms with Crippen LogP contribution in [0.4, 0.5) is 17.6 Å². The first kappa shape index (κ1) is 33.4. The van der Waals surface area contributed by atoms with Gasteiger partial charge in [0.05, 0.1) is 0 Å². The van der Waals surface area contributed by atoms with Crippen LogP contribution in [0.2, 0.25) is 0 Å². The Morgan fingerprint density at radius 2 is 1.22 bits per heavy atom. The molecule has 0 bridgehead atoms. The lowest BCUT2D eigenvalue weighted by Crippen LogP contribution is -2.41. The SMILES string of the molecule is Cc1cccc(C(=O)C(=O)c2ccc(OC(F)F)cc2)c1.Cc1cccc(C2(c3ccc(OC(F)F)cc3)N=C(N)N(C)C2=O)c1. The van der Waals surface area contributed by atoms with Gasteiger partial charge < -0.3 is 15.2 Å². The molecule has 0 saturated carbocycles. The molecule has 0 radical (unpaired) electrons. The molecule has 4 aromatic carbocycles. The highest BCUT2D eigenvalue weighted by Crippen LogP contribution is 2.40. The lowest BCUT2D eigenvalue weighted by atomic mass is 9.82. The molecule has 8 nitrogen and oxygen atoms in total. The molecule has 0 spiro atoms. The Bertz CT molecular complexity index is 1760. The lowest BCUT2D eigenvalue weighted by molar-refractivity contribution is -0.129. The van der Waals surface area contributed by atoms with Crippen molar-refractivity contribution in [3.05, 3.63) is 130 Å². The van der Waals surface area contributed by atoms with Gasteiger partial charge in [0.2, 0.25) is 11.6 Å². The van der Waals surface area contributed by atoms with Crippen LogP contribution in [-0.2, 0) is 10.3 Å². The fourth-order valence-corrected chi connectivity index (χ4v) is 4.77. The van der Waals surface area contributed by atoms with Crippen LogP contribution in [0.5, 0.6) is 11.5 Å². The summed E-state index contributed by atoms with van der Waals surface area (Å²) in [5, 5.41) is 0. The monoisotopic (exact) mass is 635 g/mol. The van der Waals surface area contributed by atoms with Crippen LogP contribution in [0.3, 0.4) is 0 Å². The number of halogens is 4. The van der Waals surface area contributed by atoms with Gasteiger partial charge in [-0.15, -0.1) is 0 Å². The van der Waals surface area contributed by atoms with Crippen molar-refractivity contribution >= 4 is 23.4 Å². The molecule has 46 heavy (non-hydrogen) atoms. The zero-order chi connectivity index (χ0) is 33.6. The third-order valence-corrected chi connectivity index (χ3v) is 7.00. The van der Waals surface area contributed by atoms with Crippen molar-refractivity contribution < 1.29 is 41.4 Å². The average Bonchev–Trinajstić information content (AvgIpc) is 3.25. The van der Waals surface area contributed by atoms with E-state index in [0.717, 1.165) is 11.1 Å². The summed E-state index contributed by atoms with van der Waals surface area (Å²) in [5.74, 6) is -1.60. The number of carbonyl (C=O) groups is 3. The number of ketones is 2. The molecule has 1 unspecified atom stereocenters. The molecule has 1 aliphatic rings. The number of carbonyl (C=O) groups excluding carboxylic acids is 3. The Balaban J connectivity index is 0.000000212. The van der Waals surface area contributed by atoms with Gasteiger partial charge in [0, 0.05) is 18.2 Å². The van der Waals surface area contributed by atoms with Gasteiger partial charge in [-0.25, -0.2) is 4.99 Å². The van der Waals surface area contributed by atoms with Crippen molar-refractivity contribution in [2.45, 2.75) is 32.6 Å². The number of likely N-dealkylation sites (N-methyl/N-ethyl adjacent to an activating group) is 1. The topological polar surface area (TPSA) is 111 Å². The standard InChI is InChI=1S/C18H17F2N3O2.C16H12F2O3/c1-11-4-3-5-13(10-11)18(15(24)23(2)17(21)22-18)12-6-8-14(9-7-12)25-16(19)20;1-10-3-2-4-12(9-10)15(20)14(19)11-5-7-13(8-6-11)21-16(17)18/h3-10,16H,1-2H3,(H2,21,22);2-9,16H,1H3. The first-order valence-corrected chi connectivity index (χ1v) is 13.8. The first-order valence-electron chi connectivity index (χ1n) is 13.8. The largest absolute Gasteiger partial charge is 0.435 e. The summed E-state index contributed by atoms with van der Waals surface area (Å²) in [7, 11) is 1.55. The maximum atomic E-state index is 13.0. The second-order valence-corrected chi connectivity index (χ2v) is 10.2. The highest BCUT2D eigenvalue weighted by atomic mass is 19.3. The van der Waals surface area contributed by atoms with Crippen molar-refractivity contribution in [2.75, 3.05) is 7.05 Å². The van der Waals surface area contributed by atoms with Crippen LogP contribution < -0.4 is 15.2 Å². The van der Waals surface area contributed by atoms with Crippen molar-refractivity contribution in [1.82, 2.24) is 4.90 Å². The van der Waals surface area contributed by atoms with E-state index in [9.17, 15) is 31.9 Å². The van der Waals surface area contributed by atoms with E-state index in [1.54, 1.807) is 43.4 Å². The molecule has 4 aromatic rings. The predicted molar refractivity (Wildman–Crippen MR) is 162 cm³/mol. The molecular weight excluding hydrogens is 606 g/mol. The number of benzene rings is 4. The number of ether oxygens (including phenoxy) is 2. The normalized spacial score (nSPS) is 15.7. The molecule has 0 aliphatic carbocycles. The quantitative estimate of drug-likeness (QED) is 0.132. The van der Waals surface area contributed by atoms with Gasteiger partial charge in [-0.1, -0.05) is 65.7 Å². The molecule has 1 heterocycles. The third kappa shape index (κ3) is 7.40. The highest BCUT2D eigenvalue weighted by molar-refractivity contribution is 6.49. The van der Waals surface area contributed by atoms with Crippen LogP contribution in [-0.4, -0.2) is 48.6 Å². The Kier molecular flexibility index (Phi) is 10.2. The van der Waals surface area contributed by atoms with Gasteiger partial charge in [0.15, 0.2) is 11.5 Å². The molecule has 12 heteroatoms. The maximum Gasteiger partial charge on any atom is 0.387 e. The van der Waals surface area contributed by atoms with Gasteiger partial charge >= 0.3 is 13.2 Å². The van der Waals surface area contributed by atoms with E-state index >= 15 is 0 Å². The molecule has 0 aromatic heterocycles. The third-order valence-electron chi connectivity index (χ3n) is 7.00. The average molecular weight is 636 g/mol. The van der Waals surface area contributed by atoms with Crippen LogP contribution >= 0.6 is 0 Å². The Morgan fingerprint density at radius 1 is 0.717 bits per heavy atom. The summed E-state index contributed by atoms with van der Waals surface area (Å²) in [6, 6.07) is 25.0. The minimum Gasteiger partial charge on any atom is -0.435 e. The lowest BCUT2D eigenvalue weighted by Gasteiger charge is -2.26. The van der Waals surface area contributed by atoms with Crippen LogP contribution in [0.1, 0.15) is 43.0 Å². The Labute approximate surface area is 262 Å². The van der Waals surface area contributed by atoms with E-state index in [1.165, 1.54) is 41.3 Å². The summed E-state index contributed by atoms with van der Waals surface area (Å²) in [4.78, 5) is 42.8. The second kappa shape index (κ2) is 14.1. The molecule has 2 N–H and O–H groups in total. The Morgan fingerprint density at radius 3 is 1.70 bits per heavy atom. The van der Waals surface area contributed by atoms with E-state index in [-0.39, 0.29) is 28.9 Å². The predicted octanol–water partition coefficient (Wildman–Crippen LogP) is 6.29. The van der Waals surface area contributed by atoms with Crippen molar-refractivity contribution in [2.24, 2.45) is 10.7 Å². The smallest absolute Gasteiger partial charge is 0.387 e. The van der Waals surface area contributed by atoms with Gasteiger partial charge in [0.1, 0.15) is 11.5 Å². The number of guanidine groups is 1. The summed E-state index contributed by atoms with van der Waals surface area (Å²) < 4.78 is 57.3. The fourth-order valence-electron chi connectivity index (χ4n) is 4.77. The number of rotatable bonds is 9. The van der Waals surface area contributed by atoms with Crippen molar-refractivity contribution in [1.29, 1.82) is 0 Å². The number of aryl methyl sites for hydroxylation is 2. The number of nitrogens with zero attached hydrogens (tertiary/aromatic N) is 2. The van der Waals surface area contributed by atoms with Gasteiger partial charge in [-0.2, -0.15) is 17.6 Å². The van der Waals surface area contributed by atoms with Gasteiger partial charge in [-0.05, 0) is 67.4 Å². The minimum absolute atomic E-state index is 0.00824. The van der Waals surface area contributed by atoms with E-state index in [0.29, 0.717) is 16.7 Å². The second-order valence-electron chi connectivity index (χ2n) is 10.2.